The number of nitrogens with one attached hydrogen (secondary N) is 1. The normalized spacial score (nSPS) is 23.5. The fraction of sp³-hybridized carbons (Fsp3) is 0.667. The van der Waals surface area contributed by atoms with Gasteiger partial charge in [0.15, 0.2) is 0 Å². The largest absolute Gasteiger partial charge is 0.499 e. The van der Waals surface area contributed by atoms with Crippen LogP contribution in [0.15, 0.2) is 24.1 Å². The molecule has 0 bridgehead atoms. The minimum Gasteiger partial charge on any atom is -0.499 e. The summed E-state index contributed by atoms with van der Waals surface area (Å²) in [6.07, 6.45) is 8.78. The van der Waals surface area contributed by atoms with E-state index in [4.69, 9.17) is 10.5 Å². The number of rotatable bonds is 10. The Hall–Kier alpha value is -2.12. The molecule has 2 aliphatic carbocycles. The van der Waals surface area contributed by atoms with E-state index in [1.54, 1.807) is 12.2 Å². The number of hydrogen-bond donors (Lipinski definition) is 2. The zero-order valence-corrected chi connectivity index (χ0v) is 14.6. The number of ether oxygens (including phenoxy) is 1. The molecule has 8 heteroatoms. The van der Waals surface area contributed by atoms with E-state index in [0.29, 0.717) is 18.2 Å². The molecule has 0 radical (unpaired) electrons. The first-order valence-electron chi connectivity index (χ1n) is 9.04. The fourth-order valence-corrected chi connectivity index (χ4v) is 2.84. The molecule has 0 aromatic rings. The molecule has 2 amide bonds. The van der Waals surface area contributed by atoms with Crippen molar-refractivity contribution in [2.24, 2.45) is 17.6 Å². The Balaban J connectivity index is 1.49. The molecule has 1 atom stereocenters. The molecule has 144 valence electrons. The number of alkyl halides is 2. The van der Waals surface area contributed by atoms with Crippen LogP contribution in [0.3, 0.4) is 0 Å². The van der Waals surface area contributed by atoms with Crippen molar-refractivity contribution >= 4 is 11.8 Å². The number of allylic oxidation sites excluding steroid dienone is 1. The van der Waals surface area contributed by atoms with Crippen molar-refractivity contribution in [2.75, 3.05) is 19.7 Å². The van der Waals surface area contributed by atoms with Gasteiger partial charge in [-0.2, -0.15) is 0 Å². The summed E-state index contributed by atoms with van der Waals surface area (Å²) in [4.78, 5) is 24.9. The molecule has 0 unspecified atom stereocenters. The Morgan fingerprint density at radius 3 is 2.50 bits per heavy atom. The summed E-state index contributed by atoms with van der Waals surface area (Å²) in [5.74, 6) is -2.83. The van der Waals surface area contributed by atoms with Crippen molar-refractivity contribution in [3.63, 3.8) is 0 Å². The summed E-state index contributed by atoms with van der Waals surface area (Å²) < 4.78 is 31.7. The first-order chi connectivity index (χ1) is 12.3. The van der Waals surface area contributed by atoms with Crippen molar-refractivity contribution < 1.29 is 23.1 Å². The van der Waals surface area contributed by atoms with Gasteiger partial charge in [-0.1, -0.05) is 6.08 Å². The number of nitrogens with zero attached hydrogens (tertiary/aromatic N) is 1. The smallest absolute Gasteiger partial charge is 0.282 e. The third-order valence-corrected chi connectivity index (χ3v) is 4.75. The van der Waals surface area contributed by atoms with Crippen molar-refractivity contribution in [1.82, 2.24) is 10.2 Å². The van der Waals surface area contributed by atoms with Gasteiger partial charge in [-0.05, 0) is 43.6 Å². The van der Waals surface area contributed by atoms with Gasteiger partial charge < -0.3 is 20.7 Å². The molecule has 1 aliphatic heterocycles. The quantitative estimate of drug-likeness (QED) is 0.452. The van der Waals surface area contributed by atoms with E-state index in [9.17, 15) is 18.4 Å². The van der Waals surface area contributed by atoms with Crippen LogP contribution < -0.4 is 11.1 Å². The van der Waals surface area contributed by atoms with E-state index in [2.05, 4.69) is 5.32 Å². The lowest BCUT2D eigenvalue weighted by Gasteiger charge is -2.40. The number of amides is 2. The standard InChI is InChI=1S/C18H25F2N3O3/c19-18(20)10-23(11-18)14(9-26-8-12-4-5-12)2-1-3-15(24)22-16(17(21)25)13-6-7-13/h1-2,9,12-13,16H,3-8,10-11H2,(H2,21,25)(H,22,24)/b2-1-,14-9-/t16-/m1/s1. The monoisotopic (exact) mass is 369 g/mol. The Morgan fingerprint density at radius 1 is 1.27 bits per heavy atom. The molecule has 3 fully saturated rings. The summed E-state index contributed by atoms with van der Waals surface area (Å²) in [6, 6.07) is -0.623. The minimum absolute atomic E-state index is 0.0424. The highest BCUT2D eigenvalue weighted by molar-refractivity contribution is 5.87. The van der Waals surface area contributed by atoms with Crippen LogP contribution in [0.1, 0.15) is 32.1 Å². The first kappa shape index (κ1) is 18.7. The van der Waals surface area contributed by atoms with Gasteiger partial charge in [0.2, 0.25) is 11.8 Å². The first-order valence-corrected chi connectivity index (χ1v) is 9.04. The number of carbonyl (C=O) groups excluding carboxylic acids is 2. The Labute approximate surface area is 151 Å². The molecule has 3 aliphatic rings. The third-order valence-electron chi connectivity index (χ3n) is 4.75. The summed E-state index contributed by atoms with van der Waals surface area (Å²) in [7, 11) is 0. The highest BCUT2D eigenvalue weighted by Crippen LogP contribution is 2.33. The fourth-order valence-electron chi connectivity index (χ4n) is 2.84. The molecule has 3 N–H and O–H groups in total. The maximum Gasteiger partial charge on any atom is 0.282 e. The van der Waals surface area contributed by atoms with Crippen molar-refractivity contribution in [1.29, 1.82) is 0 Å². The van der Waals surface area contributed by atoms with E-state index in [0.717, 1.165) is 25.7 Å². The van der Waals surface area contributed by atoms with Crippen LogP contribution in [-0.2, 0) is 14.3 Å². The predicted molar refractivity (Wildman–Crippen MR) is 90.9 cm³/mol. The number of carbonyl (C=O) groups is 2. The maximum absolute atomic E-state index is 13.1. The van der Waals surface area contributed by atoms with E-state index in [1.165, 1.54) is 11.2 Å². The summed E-state index contributed by atoms with van der Waals surface area (Å²) in [5, 5.41) is 2.64. The van der Waals surface area contributed by atoms with Gasteiger partial charge in [0.05, 0.1) is 25.4 Å². The van der Waals surface area contributed by atoms with E-state index in [-0.39, 0.29) is 31.3 Å². The van der Waals surface area contributed by atoms with Gasteiger partial charge in [-0.25, -0.2) is 8.78 Å². The molecule has 0 aromatic carbocycles. The maximum atomic E-state index is 13.1. The minimum atomic E-state index is -2.68. The zero-order valence-electron chi connectivity index (χ0n) is 14.6. The Morgan fingerprint density at radius 2 is 1.96 bits per heavy atom. The molecule has 1 saturated heterocycles. The number of halogens is 2. The SMILES string of the molecule is NC(=O)[C@H](NC(=O)C/C=C\C(=C\OCC1CC1)N1CC(F)(F)C1)C1CC1. The summed E-state index contributed by atoms with van der Waals surface area (Å²) >= 11 is 0. The topological polar surface area (TPSA) is 84.7 Å². The highest BCUT2D eigenvalue weighted by Gasteiger charge is 2.44. The molecule has 2 saturated carbocycles. The van der Waals surface area contributed by atoms with Gasteiger partial charge in [-0.3, -0.25) is 9.59 Å². The number of hydrogen-bond acceptors (Lipinski definition) is 4. The second-order valence-corrected chi connectivity index (χ2v) is 7.42. The van der Waals surface area contributed by atoms with Crippen LogP contribution in [0.4, 0.5) is 8.78 Å². The van der Waals surface area contributed by atoms with Gasteiger partial charge in [-0.15, -0.1) is 0 Å². The zero-order chi connectivity index (χ0) is 18.7. The average Bonchev–Trinajstić information content (AvgIpc) is 3.42. The van der Waals surface area contributed by atoms with Crippen molar-refractivity contribution in [3.05, 3.63) is 24.1 Å². The van der Waals surface area contributed by atoms with Crippen LogP contribution in [0.2, 0.25) is 0 Å². The second-order valence-electron chi connectivity index (χ2n) is 7.42. The Bertz CT molecular complexity index is 605. The van der Waals surface area contributed by atoms with E-state index >= 15 is 0 Å². The molecular formula is C18H25F2N3O3. The number of likely N-dealkylation sites (tertiary alicyclic amines) is 1. The number of primary amides is 1. The van der Waals surface area contributed by atoms with Gasteiger partial charge >= 0.3 is 0 Å². The predicted octanol–water partition coefficient (Wildman–Crippen LogP) is 1.53. The molecule has 0 spiro atoms. The summed E-state index contributed by atoms with van der Waals surface area (Å²) in [6.45, 7) is -0.120. The highest BCUT2D eigenvalue weighted by atomic mass is 19.3. The molecular weight excluding hydrogens is 344 g/mol. The van der Waals surface area contributed by atoms with Gasteiger partial charge in [0, 0.05) is 6.42 Å². The van der Waals surface area contributed by atoms with Crippen LogP contribution >= 0.6 is 0 Å². The van der Waals surface area contributed by atoms with E-state index < -0.39 is 17.9 Å². The Kier molecular flexibility index (Phi) is 5.48. The van der Waals surface area contributed by atoms with Crippen LogP contribution in [0.5, 0.6) is 0 Å². The van der Waals surface area contributed by atoms with Gasteiger partial charge in [0.1, 0.15) is 12.3 Å². The molecule has 6 nitrogen and oxygen atoms in total. The van der Waals surface area contributed by atoms with Crippen molar-refractivity contribution in [3.8, 4) is 0 Å². The summed E-state index contributed by atoms with van der Waals surface area (Å²) in [5.41, 5.74) is 5.83. The van der Waals surface area contributed by atoms with Gasteiger partial charge in [0.25, 0.3) is 5.92 Å². The van der Waals surface area contributed by atoms with Crippen LogP contribution in [-0.4, -0.2) is 48.4 Å². The number of nitrogens with two attached hydrogens (primary N) is 1. The molecule has 1 heterocycles. The van der Waals surface area contributed by atoms with Crippen LogP contribution in [0.25, 0.3) is 0 Å². The molecule has 0 aromatic heterocycles. The molecule has 3 rings (SSSR count). The van der Waals surface area contributed by atoms with Crippen LogP contribution in [0, 0.1) is 11.8 Å². The lowest BCUT2D eigenvalue weighted by Crippen LogP contribution is -2.55. The molecule has 26 heavy (non-hydrogen) atoms. The lowest BCUT2D eigenvalue weighted by molar-refractivity contribution is -0.127. The van der Waals surface area contributed by atoms with Crippen molar-refractivity contribution in [2.45, 2.75) is 44.1 Å². The average molecular weight is 369 g/mol. The van der Waals surface area contributed by atoms with E-state index in [1.807, 2.05) is 0 Å². The lowest BCUT2D eigenvalue weighted by atomic mass is 10.1. The second kappa shape index (κ2) is 7.63. The third kappa shape index (κ3) is 5.44.